The van der Waals surface area contributed by atoms with Gasteiger partial charge in [-0.2, -0.15) is 0 Å². The van der Waals surface area contributed by atoms with Gasteiger partial charge in [0.15, 0.2) is 9.84 Å². The molecule has 100 valence electrons. The standard InChI is InChI=1S/C12H9ClO4S2/c13-9-1-3-10(4-2-9)19(16,17)7-8-5-6-18-11(8)12(14)15/h1-6H,7H2,(H,14,15). The predicted molar refractivity (Wildman–Crippen MR) is 73.6 cm³/mol. The summed E-state index contributed by atoms with van der Waals surface area (Å²) in [6.07, 6.45) is 0. The van der Waals surface area contributed by atoms with Gasteiger partial charge >= 0.3 is 5.97 Å². The van der Waals surface area contributed by atoms with Crippen molar-refractivity contribution in [1.82, 2.24) is 0 Å². The molecule has 0 amide bonds. The first kappa shape index (κ1) is 14.0. The summed E-state index contributed by atoms with van der Waals surface area (Å²) in [5.74, 6) is -1.45. The summed E-state index contributed by atoms with van der Waals surface area (Å²) in [6, 6.07) is 7.30. The van der Waals surface area contributed by atoms with Crippen LogP contribution in [0.1, 0.15) is 15.2 Å². The minimum atomic E-state index is -3.57. The van der Waals surface area contributed by atoms with E-state index in [0.717, 1.165) is 11.3 Å². The number of aromatic carboxylic acids is 1. The molecule has 0 fully saturated rings. The third kappa shape index (κ3) is 3.15. The average Bonchev–Trinajstić information content (AvgIpc) is 2.77. The summed E-state index contributed by atoms with van der Waals surface area (Å²) in [6.45, 7) is 0. The molecule has 0 unspecified atom stereocenters. The molecule has 0 atom stereocenters. The summed E-state index contributed by atoms with van der Waals surface area (Å²) in [7, 11) is -3.57. The number of benzene rings is 1. The van der Waals surface area contributed by atoms with Crippen LogP contribution in [0.3, 0.4) is 0 Å². The molecule has 1 aromatic heterocycles. The maximum absolute atomic E-state index is 12.2. The Kier molecular flexibility index (Phi) is 3.93. The van der Waals surface area contributed by atoms with Gasteiger partial charge in [-0.3, -0.25) is 0 Å². The number of halogens is 1. The van der Waals surface area contributed by atoms with Gasteiger partial charge in [-0.15, -0.1) is 11.3 Å². The smallest absolute Gasteiger partial charge is 0.346 e. The van der Waals surface area contributed by atoms with Crippen molar-refractivity contribution in [2.45, 2.75) is 10.6 Å². The van der Waals surface area contributed by atoms with Gasteiger partial charge < -0.3 is 5.11 Å². The lowest BCUT2D eigenvalue weighted by atomic mass is 10.3. The molecule has 7 heteroatoms. The van der Waals surface area contributed by atoms with E-state index in [0.29, 0.717) is 10.6 Å². The van der Waals surface area contributed by atoms with Gasteiger partial charge in [0.05, 0.1) is 10.6 Å². The zero-order chi connectivity index (χ0) is 14.0. The number of sulfone groups is 1. The molecule has 0 aliphatic rings. The molecule has 19 heavy (non-hydrogen) atoms. The maximum atomic E-state index is 12.2. The van der Waals surface area contributed by atoms with Crippen LogP contribution in [0.2, 0.25) is 5.02 Å². The molecular formula is C12H9ClO4S2. The van der Waals surface area contributed by atoms with Crippen molar-refractivity contribution < 1.29 is 18.3 Å². The number of carbonyl (C=O) groups is 1. The van der Waals surface area contributed by atoms with E-state index in [1.54, 1.807) is 5.38 Å². The third-order valence-corrected chi connectivity index (χ3v) is 5.34. The van der Waals surface area contributed by atoms with E-state index in [4.69, 9.17) is 16.7 Å². The molecule has 2 aromatic rings. The highest BCUT2D eigenvalue weighted by molar-refractivity contribution is 7.90. The monoisotopic (exact) mass is 316 g/mol. The van der Waals surface area contributed by atoms with Gasteiger partial charge in [-0.05, 0) is 41.3 Å². The van der Waals surface area contributed by atoms with E-state index in [2.05, 4.69) is 0 Å². The van der Waals surface area contributed by atoms with Crippen molar-refractivity contribution in [3.63, 3.8) is 0 Å². The van der Waals surface area contributed by atoms with Crippen molar-refractivity contribution >= 4 is 38.7 Å². The highest BCUT2D eigenvalue weighted by Crippen LogP contribution is 2.23. The molecule has 4 nitrogen and oxygen atoms in total. The molecule has 1 N–H and O–H groups in total. The van der Waals surface area contributed by atoms with Crippen LogP contribution >= 0.6 is 22.9 Å². The minimum absolute atomic E-state index is 0.0533. The SMILES string of the molecule is O=C(O)c1sccc1CS(=O)(=O)c1ccc(Cl)cc1. The van der Waals surface area contributed by atoms with E-state index in [1.165, 1.54) is 30.3 Å². The van der Waals surface area contributed by atoms with E-state index in [-0.39, 0.29) is 15.5 Å². The minimum Gasteiger partial charge on any atom is -0.477 e. The largest absolute Gasteiger partial charge is 0.477 e. The molecule has 0 bridgehead atoms. The number of carboxylic acid groups (broad SMARTS) is 1. The fourth-order valence-electron chi connectivity index (χ4n) is 1.57. The van der Waals surface area contributed by atoms with Crippen molar-refractivity contribution in [3.8, 4) is 0 Å². The molecule has 0 aliphatic carbocycles. The van der Waals surface area contributed by atoms with Crippen LogP contribution in [0.5, 0.6) is 0 Å². The number of hydrogen-bond donors (Lipinski definition) is 1. The topological polar surface area (TPSA) is 71.4 Å². The Labute approximate surface area is 119 Å². The van der Waals surface area contributed by atoms with Gasteiger partial charge in [0, 0.05) is 5.02 Å². The van der Waals surface area contributed by atoms with E-state index in [9.17, 15) is 13.2 Å². The highest BCUT2D eigenvalue weighted by Gasteiger charge is 2.20. The second kappa shape index (κ2) is 5.32. The van der Waals surface area contributed by atoms with Crippen LogP contribution < -0.4 is 0 Å². The molecule has 0 aliphatic heterocycles. The lowest BCUT2D eigenvalue weighted by Gasteiger charge is -2.04. The summed E-state index contributed by atoms with van der Waals surface area (Å²) in [5, 5.41) is 11.0. The lowest BCUT2D eigenvalue weighted by Crippen LogP contribution is -2.07. The number of thiophene rings is 1. The summed E-state index contributed by atoms with van der Waals surface area (Å²) >= 11 is 6.71. The van der Waals surface area contributed by atoms with Crippen molar-refractivity contribution in [1.29, 1.82) is 0 Å². The van der Waals surface area contributed by atoms with Crippen LogP contribution in [0.15, 0.2) is 40.6 Å². The highest BCUT2D eigenvalue weighted by atomic mass is 35.5. The average molecular weight is 317 g/mol. The summed E-state index contributed by atoms with van der Waals surface area (Å²) in [5.41, 5.74) is 0.299. The Bertz CT molecular complexity index is 702. The number of rotatable bonds is 4. The number of hydrogen-bond acceptors (Lipinski definition) is 4. The first-order chi connectivity index (χ1) is 8.90. The van der Waals surface area contributed by atoms with Crippen LogP contribution in [-0.2, 0) is 15.6 Å². The lowest BCUT2D eigenvalue weighted by molar-refractivity contribution is 0.0701. The molecule has 0 saturated carbocycles. The van der Waals surface area contributed by atoms with Gasteiger partial charge in [0.2, 0.25) is 0 Å². The van der Waals surface area contributed by atoms with Crippen LogP contribution in [0.25, 0.3) is 0 Å². The predicted octanol–water partition coefficient (Wildman–Crippen LogP) is 3.07. The number of carboxylic acids is 1. The van der Waals surface area contributed by atoms with Crippen LogP contribution in [0, 0.1) is 0 Å². The van der Waals surface area contributed by atoms with E-state index >= 15 is 0 Å². The van der Waals surface area contributed by atoms with Gasteiger partial charge in [-0.1, -0.05) is 11.6 Å². The molecule has 0 spiro atoms. The quantitative estimate of drug-likeness (QED) is 0.941. The maximum Gasteiger partial charge on any atom is 0.346 e. The molecule has 2 rings (SSSR count). The zero-order valence-electron chi connectivity index (χ0n) is 9.54. The zero-order valence-corrected chi connectivity index (χ0v) is 11.9. The first-order valence-electron chi connectivity index (χ1n) is 5.18. The fourth-order valence-corrected chi connectivity index (χ4v) is 3.91. The summed E-state index contributed by atoms with van der Waals surface area (Å²) < 4.78 is 24.3. The molecule has 1 heterocycles. The van der Waals surface area contributed by atoms with Crippen molar-refractivity contribution in [3.05, 3.63) is 51.2 Å². The summed E-state index contributed by atoms with van der Waals surface area (Å²) in [4.78, 5) is 11.1. The van der Waals surface area contributed by atoms with Gasteiger partial charge in [0.1, 0.15) is 4.88 Å². The second-order valence-corrected chi connectivity index (χ2v) is 7.14. The van der Waals surface area contributed by atoms with Crippen LogP contribution in [0.4, 0.5) is 0 Å². The van der Waals surface area contributed by atoms with E-state index in [1.807, 2.05) is 0 Å². The fraction of sp³-hybridized carbons (Fsp3) is 0.0833. The first-order valence-corrected chi connectivity index (χ1v) is 8.09. The Morgan fingerprint density at radius 1 is 1.21 bits per heavy atom. The second-order valence-electron chi connectivity index (χ2n) is 3.79. The molecule has 0 radical (unpaired) electrons. The van der Waals surface area contributed by atoms with E-state index < -0.39 is 15.8 Å². The Morgan fingerprint density at radius 3 is 2.42 bits per heavy atom. The Hall–Kier alpha value is -1.37. The van der Waals surface area contributed by atoms with Crippen molar-refractivity contribution in [2.75, 3.05) is 0 Å². The normalized spacial score (nSPS) is 11.4. The van der Waals surface area contributed by atoms with Gasteiger partial charge in [0.25, 0.3) is 0 Å². The molecular weight excluding hydrogens is 308 g/mol. The Morgan fingerprint density at radius 2 is 1.84 bits per heavy atom. The third-order valence-electron chi connectivity index (χ3n) is 2.46. The van der Waals surface area contributed by atoms with Crippen molar-refractivity contribution in [2.24, 2.45) is 0 Å². The molecule has 1 aromatic carbocycles. The Balaban J connectivity index is 2.34. The van der Waals surface area contributed by atoms with Gasteiger partial charge in [-0.25, -0.2) is 13.2 Å². The molecule has 0 saturated heterocycles. The van der Waals surface area contributed by atoms with Crippen LogP contribution in [-0.4, -0.2) is 19.5 Å².